The monoisotopic (exact) mass is 268 g/mol. The van der Waals surface area contributed by atoms with Crippen molar-refractivity contribution in [2.75, 3.05) is 20.7 Å². The quantitative estimate of drug-likeness (QED) is 0.826. The van der Waals surface area contributed by atoms with Crippen LogP contribution in [0.15, 0.2) is 18.2 Å². The fourth-order valence-corrected chi connectivity index (χ4v) is 2.36. The summed E-state index contributed by atoms with van der Waals surface area (Å²) in [7, 11) is 3.51. The molecule has 4 heteroatoms. The Morgan fingerprint density at radius 1 is 1.42 bits per heavy atom. The Balaban J connectivity index is 2.93. The van der Waals surface area contributed by atoms with Crippen LogP contribution < -0.4 is 10.5 Å². The molecule has 0 aromatic heterocycles. The molecule has 0 heterocycles. The first-order chi connectivity index (χ1) is 9.04. The Morgan fingerprint density at radius 2 is 2.11 bits per heavy atom. The molecular weight excluding hydrogens is 243 g/mol. The van der Waals surface area contributed by atoms with Crippen molar-refractivity contribution in [2.24, 2.45) is 5.73 Å². The molecule has 1 aromatic carbocycles. The number of nitrogens with two attached hydrogens (primary N) is 1. The van der Waals surface area contributed by atoms with Crippen molar-refractivity contribution in [3.8, 4) is 5.75 Å². The van der Waals surface area contributed by atoms with Gasteiger partial charge < -0.3 is 10.5 Å². The summed E-state index contributed by atoms with van der Waals surface area (Å²) in [6, 6.07) is 5.51. The van der Waals surface area contributed by atoms with Crippen LogP contribution in [0.5, 0.6) is 5.75 Å². The van der Waals surface area contributed by atoms with Gasteiger partial charge in [-0.1, -0.05) is 19.4 Å². The van der Waals surface area contributed by atoms with Crippen molar-refractivity contribution >= 4 is 0 Å². The second kappa shape index (κ2) is 7.46. The van der Waals surface area contributed by atoms with Crippen molar-refractivity contribution in [1.29, 1.82) is 0 Å². The van der Waals surface area contributed by atoms with Gasteiger partial charge in [0, 0.05) is 18.6 Å². The fraction of sp³-hybridized carbons (Fsp3) is 0.600. The maximum atomic E-state index is 13.8. The SMILES string of the molecule is CCCC(C)N(C)C(CN)c1ccc(OC)c(F)c1. The number of ether oxygens (including phenoxy) is 1. The minimum atomic E-state index is -0.338. The van der Waals surface area contributed by atoms with Crippen LogP contribution in [0.1, 0.15) is 38.3 Å². The lowest BCUT2D eigenvalue weighted by molar-refractivity contribution is 0.179. The molecule has 2 N–H and O–H groups in total. The summed E-state index contributed by atoms with van der Waals surface area (Å²) in [4.78, 5) is 2.21. The summed E-state index contributed by atoms with van der Waals surface area (Å²) in [5, 5.41) is 0. The zero-order valence-corrected chi connectivity index (χ0v) is 12.3. The van der Waals surface area contributed by atoms with E-state index in [-0.39, 0.29) is 17.6 Å². The van der Waals surface area contributed by atoms with Crippen molar-refractivity contribution in [3.63, 3.8) is 0 Å². The van der Waals surface area contributed by atoms with Gasteiger partial charge in [0.2, 0.25) is 0 Å². The number of nitrogens with zero attached hydrogens (tertiary/aromatic N) is 1. The molecule has 0 spiro atoms. The molecule has 1 aromatic rings. The molecule has 0 bridgehead atoms. The molecule has 3 nitrogen and oxygen atoms in total. The molecule has 1 rings (SSSR count). The highest BCUT2D eigenvalue weighted by Gasteiger charge is 2.20. The van der Waals surface area contributed by atoms with Gasteiger partial charge in [0.25, 0.3) is 0 Å². The number of methoxy groups -OCH3 is 1. The number of hydrogen-bond acceptors (Lipinski definition) is 3. The van der Waals surface area contributed by atoms with E-state index in [0.717, 1.165) is 18.4 Å². The van der Waals surface area contributed by atoms with E-state index < -0.39 is 0 Å². The van der Waals surface area contributed by atoms with Gasteiger partial charge in [0.05, 0.1) is 7.11 Å². The summed E-state index contributed by atoms with van der Waals surface area (Å²) in [5.74, 6) is -0.0706. The van der Waals surface area contributed by atoms with Crippen LogP contribution in [0, 0.1) is 5.82 Å². The van der Waals surface area contributed by atoms with E-state index in [0.29, 0.717) is 12.6 Å². The summed E-state index contributed by atoms with van der Waals surface area (Å²) >= 11 is 0. The zero-order chi connectivity index (χ0) is 14.4. The average Bonchev–Trinajstić information content (AvgIpc) is 2.40. The molecule has 0 radical (unpaired) electrons. The van der Waals surface area contributed by atoms with Gasteiger partial charge in [-0.05, 0) is 38.1 Å². The van der Waals surface area contributed by atoms with E-state index in [1.54, 1.807) is 6.07 Å². The molecule has 0 amide bonds. The number of hydrogen-bond donors (Lipinski definition) is 1. The van der Waals surface area contributed by atoms with Gasteiger partial charge in [-0.25, -0.2) is 4.39 Å². The predicted octanol–water partition coefficient (Wildman–Crippen LogP) is 2.95. The number of likely N-dealkylation sites (N-methyl/N-ethyl adjacent to an activating group) is 1. The molecule has 0 fully saturated rings. The van der Waals surface area contributed by atoms with Gasteiger partial charge in [-0.15, -0.1) is 0 Å². The normalized spacial score (nSPS) is 14.5. The lowest BCUT2D eigenvalue weighted by atomic mass is 10.0. The van der Waals surface area contributed by atoms with E-state index in [2.05, 4.69) is 18.7 Å². The van der Waals surface area contributed by atoms with Gasteiger partial charge in [0.1, 0.15) is 0 Å². The predicted molar refractivity (Wildman–Crippen MR) is 76.9 cm³/mol. The maximum absolute atomic E-state index is 13.8. The van der Waals surface area contributed by atoms with Crippen LogP contribution in [0.25, 0.3) is 0 Å². The van der Waals surface area contributed by atoms with E-state index in [9.17, 15) is 4.39 Å². The molecular formula is C15H25FN2O. The van der Waals surface area contributed by atoms with Crippen LogP contribution >= 0.6 is 0 Å². The van der Waals surface area contributed by atoms with Gasteiger partial charge >= 0.3 is 0 Å². The van der Waals surface area contributed by atoms with Crippen molar-refractivity contribution in [2.45, 2.75) is 38.8 Å². The maximum Gasteiger partial charge on any atom is 0.165 e. The largest absolute Gasteiger partial charge is 0.494 e. The van der Waals surface area contributed by atoms with Crippen molar-refractivity contribution in [1.82, 2.24) is 4.90 Å². The van der Waals surface area contributed by atoms with Gasteiger partial charge in [-0.2, -0.15) is 0 Å². The Morgan fingerprint density at radius 3 is 2.58 bits per heavy atom. The highest BCUT2D eigenvalue weighted by atomic mass is 19.1. The minimum absolute atomic E-state index is 0.0296. The van der Waals surface area contributed by atoms with Crippen molar-refractivity contribution < 1.29 is 9.13 Å². The van der Waals surface area contributed by atoms with Crippen LogP contribution in [-0.2, 0) is 0 Å². The third-order valence-corrected chi connectivity index (χ3v) is 3.68. The number of rotatable bonds is 7. The molecule has 0 saturated carbocycles. The lowest BCUT2D eigenvalue weighted by Crippen LogP contribution is -2.37. The summed E-state index contributed by atoms with van der Waals surface area (Å²) in [6.07, 6.45) is 2.23. The Kier molecular flexibility index (Phi) is 6.25. The number of benzene rings is 1. The topological polar surface area (TPSA) is 38.5 Å². The smallest absolute Gasteiger partial charge is 0.165 e. The van der Waals surface area contributed by atoms with Gasteiger partial charge in [0.15, 0.2) is 11.6 Å². The Hall–Kier alpha value is -1.13. The van der Waals surface area contributed by atoms with Crippen LogP contribution in [0.4, 0.5) is 4.39 Å². The standard InChI is InChI=1S/C15H25FN2O/c1-5-6-11(2)18(3)14(10-17)12-7-8-15(19-4)13(16)9-12/h7-9,11,14H,5-6,10,17H2,1-4H3. The molecule has 2 atom stereocenters. The third-order valence-electron chi connectivity index (χ3n) is 3.68. The molecule has 19 heavy (non-hydrogen) atoms. The van der Waals surface area contributed by atoms with E-state index >= 15 is 0 Å². The first-order valence-corrected chi connectivity index (χ1v) is 6.80. The fourth-order valence-electron chi connectivity index (χ4n) is 2.36. The summed E-state index contributed by atoms with van der Waals surface area (Å²) in [6.45, 7) is 4.80. The summed E-state index contributed by atoms with van der Waals surface area (Å²) in [5.41, 5.74) is 6.76. The van der Waals surface area contributed by atoms with E-state index in [4.69, 9.17) is 10.5 Å². The van der Waals surface area contributed by atoms with Crippen LogP contribution in [-0.4, -0.2) is 31.6 Å². The first-order valence-electron chi connectivity index (χ1n) is 6.80. The van der Waals surface area contributed by atoms with Crippen molar-refractivity contribution in [3.05, 3.63) is 29.6 Å². The highest BCUT2D eigenvalue weighted by molar-refractivity contribution is 5.31. The third kappa shape index (κ3) is 3.91. The van der Waals surface area contributed by atoms with Crippen LogP contribution in [0.3, 0.4) is 0 Å². The second-order valence-corrected chi connectivity index (χ2v) is 4.95. The highest BCUT2D eigenvalue weighted by Crippen LogP contribution is 2.26. The summed E-state index contributed by atoms with van der Waals surface area (Å²) < 4.78 is 18.7. The molecule has 0 saturated heterocycles. The Bertz CT molecular complexity index is 398. The minimum Gasteiger partial charge on any atom is -0.494 e. The Labute approximate surface area is 115 Å². The van der Waals surface area contributed by atoms with Gasteiger partial charge in [-0.3, -0.25) is 4.90 Å². The van der Waals surface area contributed by atoms with E-state index in [1.807, 2.05) is 13.1 Å². The van der Waals surface area contributed by atoms with E-state index in [1.165, 1.54) is 13.2 Å². The first kappa shape index (κ1) is 15.9. The second-order valence-electron chi connectivity index (χ2n) is 4.95. The average molecular weight is 268 g/mol. The molecule has 0 aliphatic rings. The lowest BCUT2D eigenvalue weighted by Gasteiger charge is -2.32. The zero-order valence-electron chi connectivity index (χ0n) is 12.3. The van der Waals surface area contributed by atoms with Crippen LogP contribution in [0.2, 0.25) is 0 Å². The molecule has 0 aliphatic heterocycles. The molecule has 108 valence electrons. The molecule has 0 aliphatic carbocycles. The number of halogens is 1. The molecule has 2 unspecified atom stereocenters.